The maximum absolute atomic E-state index is 3.32. The van der Waals surface area contributed by atoms with Crippen LogP contribution >= 0.6 is 0 Å². The minimum Gasteiger partial charge on any atom is -0.361 e. The molecule has 0 amide bonds. The monoisotopic (exact) mass is 191 g/mol. The van der Waals surface area contributed by atoms with E-state index in [0.717, 1.165) is 0 Å². The topological polar surface area (TPSA) is 15.8 Å². The van der Waals surface area contributed by atoms with Crippen LogP contribution in [0.2, 0.25) is 0 Å². The number of aromatic amines is 1. The van der Waals surface area contributed by atoms with E-state index in [0.29, 0.717) is 0 Å². The highest BCUT2D eigenvalue weighted by Gasteiger charge is 2.20. The molecule has 1 N–H and O–H groups in total. The molecule has 1 heterocycles. The molecule has 0 aliphatic heterocycles. The van der Waals surface area contributed by atoms with Crippen LogP contribution in [0.5, 0.6) is 0 Å². The Balaban J connectivity index is 2.35. The molecular weight excluding hydrogens is 182 g/mol. The van der Waals surface area contributed by atoms with Gasteiger partial charge in [0.15, 0.2) is 0 Å². The van der Waals surface area contributed by atoms with Crippen LogP contribution in [0, 0.1) is 0 Å². The third-order valence-corrected chi connectivity index (χ3v) is 3.21. The lowest BCUT2D eigenvalue weighted by atomic mass is 10.0. The smallest absolute Gasteiger partial charge is 0.0540 e. The van der Waals surface area contributed by atoms with Crippen LogP contribution in [-0.2, 0) is 0 Å². The molecule has 3 aromatic rings. The Bertz CT molecular complexity index is 623. The third-order valence-electron chi connectivity index (χ3n) is 3.21. The minimum absolute atomic E-state index is 1.27. The van der Waals surface area contributed by atoms with Crippen LogP contribution in [0.15, 0.2) is 48.7 Å². The first-order valence-electron chi connectivity index (χ1n) is 5.15. The summed E-state index contributed by atoms with van der Waals surface area (Å²) >= 11 is 0. The van der Waals surface area contributed by atoms with Gasteiger partial charge in [-0.25, -0.2) is 0 Å². The van der Waals surface area contributed by atoms with E-state index >= 15 is 0 Å². The van der Waals surface area contributed by atoms with Crippen LogP contribution in [0.25, 0.3) is 33.2 Å². The van der Waals surface area contributed by atoms with E-state index in [-0.39, 0.29) is 0 Å². The van der Waals surface area contributed by atoms with Crippen molar-refractivity contribution in [2.75, 3.05) is 0 Å². The van der Waals surface area contributed by atoms with Gasteiger partial charge in [-0.05, 0) is 22.4 Å². The van der Waals surface area contributed by atoms with Crippen LogP contribution in [0.1, 0.15) is 0 Å². The quantitative estimate of drug-likeness (QED) is 0.435. The lowest BCUT2D eigenvalue weighted by Crippen LogP contribution is -1.75. The first-order chi connectivity index (χ1) is 7.45. The summed E-state index contributed by atoms with van der Waals surface area (Å²) in [5, 5.41) is 2.72. The van der Waals surface area contributed by atoms with Gasteiger partial charge < -0.3 is 4.98 Å². The number of hydrogen-bond acceptors (Lipinski definition) is 0. The number of H-pyrrole nitrogens is 1. The third kappa shape index (κ3) is 0.747. The molecule has 15 heavy (non-hydrogen) atoms. The van der Waals surface area contributed by atoms with E-state index in [1.807, 2.05) is 6.20 Å². The molecular formula is C14H9N. The first kappa shape index (κ1) is 7.30. The zero-order chi connectivity index (χ0) is 9.83. The van der Waals surface area contributed by atoms with E-state index in [4.69, 9.17) is 0 Å². The summed E-state index contributed by atoms with van der Waals surface area (Å²) in [5.41, 5.74) is 5.30. The number of nitrogens with one attached hydrogen (secondary N) is 1. The Hall–Kier alpha value is -2.02. The maximum atomic E-state index is 3.32. The second-order valence-corrected chi connectivity index (χ2v) is 3.98. The molecule has 4 rings (SSSR count). The van der Waals surface area contributed by atoms with Crippen molar-refractivity contribution < 1.29 is 0 Å². The van der Waals surface area contributed by atoms with Gasteiger partial charge >= 0.3 is 0 Å². The fourth-order valence-electron chi connectivity index (χ4n) is 2.59. The molecule has 0 atom stereocenters. The predicted molar refractivity (Wildman–Crippen MR) is 62.7 cm³/mol. The van der Waals surface area contributed by atoms with Gasteiger partial charge in [0.1, 0.15) is 0 Å². The van der Waals surface area contributed by atoms with Crippen LogP contribution in [0.4, 0.5) is 0 Å². The fraction of sp³-hybridized carbons (Fsp3) is 0. The van der Waals surface area contributed by atoms with Crippen molar-refractivity contribution in [1.29, 1.82) is 0 Å². The van der Waals surface area contributed by atoms with Gasteiger partial charge in [-0.15, -0.1) is 0 Å². The molecule has 0 unspecified atom stereocenters. The van der Waals surface area contributed by atoms with E-state index < -0.39 is 0 Å². The van der Waals surface area contributed by atoms with E-state index in [9.17, 15) is 0 Å². The molecule has 0 saturated carbocycles. The number of hydrogen-bond donors (Lipinski definition) is 1. The standard InChI is InChI=1S/C14H9N/c1-3-9-4-2-6-12-13(9)10(5-1)11-7-8-15-14(11)12/h1-8,15H. The summed E-state index contributed by atoms with van der Waals surface area (Å²) in [6, 6.07) is 15.1. The minimum atomic E-state index is 1.27. The number of fused-ring (bicyclic) bond motifs is 3. The van der Waals surface area contributed by atoms with Gasteiger partial charge in [0.2, 0.25) is 0 Å². The second-order valence-electron chi connectivity index (χ2n) is 3.98. The van der Waals surface area contributed by atoms with Gasteiger partial charge in [-0.2, -0.15) is 0 Å². The van der Waals surface area contributed by atoms with Crippen LogP contribution in [0.3, 0.4) is 0 Å². The average Bonchev–Trinajstić information content (AvgIpc) is 2.84. The number of aromatic nitrogens is 1. The first-order valence-corrected chi connectivity index (χ1v) is 5.15. The Morgan fingerprint density at radius 1 is 0.733 bits per heavy atom. The molecule has 1 aromatic heterocycles. The van der Waals surface area contributed by atoms with Crippen molar-refractivity contribution >= 4 is 10.8 Å². The normalized spacial score (nSPS) is 12.0. The van der Waals surface area contributed by atoms with Gasteiger partial charge in [-0.1, -0.05) is 36.4 Å². The molecule has 2 aromatic carbocycles. The van der Waals surface area contributed by atoms with Crippen molar-refractivity contribution in [2.24, 2.45) is 0 Å². The largest absolute Gasteiger partial charge is 0.361 e. The van der Waals surface area contributed by atoms with Crippen molar-refractivity contribution in [3.8, 4) is 22.4 Å². The van der Waals surface area contributed by atoms with Crippen LogP contribution < -0.4 is 0 Å². The molecule has 1 aliphatic carbocycles. The number of rotatable bonds is 0. The average molecular weight is 191 g/mol. The van der Waals surface area contributed by atoms with E-state index in [1.165, 1.54) is 33.2 Å². The summed E-state index contributed by atoms with van der Waals surface area (Å²) < 4.78 is 0. The van der Waals surface area contributed by atoms with Crippen molar-refractivity contribution in [2.45, 2.75) is 0 Å². The Labute approximate surface area is 87.4 Å². The molecule has 1 nitrogen and oxygen atoms in total. The second kappa shape index (κ2) is 2.31. The van der Waals surface area contributed by atoms with Crippen molar-refractivity contribution in [3.05, 3.63) is 48.7 Å². The molecule has 0 fully saturated rings. The van der Waals surface area contributed by atoms with Gasteiger partial charge in [0, 0.05) is 17.3 Å². The Morgan fingerprint density at radius 2 is 1.53 bits per heavy atom. The lowest BCUT2D eigenvalue weighted by molar-refractivity contribution is 1.42. The van der Waals surface area contributed by atoms with Gasteiger partial charge in [0.25, 0.3) is 0 Å². The van der Waals surface area contributed by atoms with Gasteiger partial charge in [-0.3, -0.25) is 0 Å². The zero-order valence-corrected chi connectivity index (χ0v) is 8.12. The van der Waals surface area contributed by atoms with Gasteiger partial charge in [0.05, 0.1) is 5.69 Å². The highest BCUT2D eigenvalue weighted by atomic mass is 14.7. The zero-order valence-electron chi connectivity index (χ0n) is 8.12. The van der Waals surface area contributed by atoms with Crippen molar-refractivity contribution in [1.82, 2.24) is 4.98 Å². The Morgan fingerprint density at radius 3 is 2.40 bits per heavy atom. The number of benzene rings is 2. The summed E-state index contributed by atoms with van der Waals surface area (Å²) in [6.07, 6.45) is 2.01. The SMILES string of the molecule is c1cc2c3c(cccc3c1)-c1[nH]ccc1-2. The highest BCUT2D eigenvalue weighted by Crippen LogP contribution is 2.45. The molecule has 0 saturated heterocycles. The Kier molecular flexibility index (Phi) is 1.13. The molecule has 1 aliphatic rings. The molecule has 0 bridgehead atoms. The predicted octanol–water partition coefficient (Wildman–Crippen LogP) is 3.82. The van der Waals surface area contributed by atoms with Crippen LogP contribution in [-0.4, -0.2) is 4.98 Å². The van der Waals surface area contributed by atoms with E-state index in [1.54, 1.807) is 0 Å². The summed E-state index contributed by atoms with van der Waals surface area (Å²) in [5.74, 6) is 0. The molecule has 0 radical (unpaired) electrons. The van der Waals surface area contributed by atoms with Crippen molar-refractivity contribution in [3.63, 3.8) is 0 Å². The fourth-order valence-corrected chi connectivity index (χ4v) is 2.59. The maximum Gasteiger partial charge on any atom is 0.0540 e. The summed E-state index contributed by atoms with van der Waals surface area (Å²) in [7, 11) is 0. The highest BCUT2D eigenvalue weighted by molar-refractivity contribution is 6.14. The summed E-state index contributed by atoms with van der Waals surface area (Å²) in [6.45, 7) is 0. The van der Waals surface area contributed by atoms with E-state index in [2.05, 4.69) is 47.4 Å². The molecule has 0 spiro atoms. The molecule has 70 valence electrons. The molecule has 1 heteroatoms. The summed E-state index contributed by atoms with van der Waals surface area (Å²) in [4.78, 5) is 3.32. The lowest BCUT2D eigenvalue weighted by Gasteiger charge is -2.00.